The summed E-state index contributed by atoms with van der Waals surface area (Å²) in [5, 5.41) is 10.3. The normalized spacial score (nSPS) is 18.1. The molecule has 0 unspecified atom stereocenters. The van der Waals surface area contributed by atoms with Gasteiger partial charge in [0.1, 0.15) is 5.82 Å². The molecule has 0 aliphatic carbocycles. The minimum Gasteiger partial charge on any atom is -0.388 e. The molecule has 1 N–H and O–H groups in total. The van der Waals surface area contributed by atoms with E-state index in [0.717, 1.165) is 0 Å². The Bertz CT molecular complexity index is 458. The minimum atomic E-state index is -0.937. The van der Waals surface area contributed by atoms with Crippen molar-refractivity contribution in [2.75, 3.05) is 26.8 Å². The molecule has 1 aromatic carbocycles. The van der Waals surface area contributed by atoms with Gasteiger partial charge in [-0.2, -0.15) is 0 Å². The number of halogens is 1. The van der Waals surface area contributed by atoms with Crippen molar-refractivity contribution in [3.8, 4) is 0 Å². The van der Waals surface area contributed by atoms with Crippen molar-refractivity contribution in [1.82, 2.24) is 4.90 Å². The lowest BCUT2D eigenvalue weighted by Gasteiger charge is -2.35. The molecule has 1 aliphatic heterocycles. The standard InChI is InChI=1S/C14H18FNO3/c1-16(10-14(18)6-8-19-9-7-14)13(17)11-4-2-3-5-12(11)15/h2-5,18H,6-10H2,1H3. The fourth-order valence-corrected chi connectivity index (χ4v) is 2.26. The second-order valence-corrected chi connectivity index (χ2v) is 4.98. The van der Waals surface area contributed by atoms with Crippen molar-refractivity contribution in [3.63, 3.8) is 0 Å². The maximum atomic E-state index is 13.5. The molecule has 0 spiro atoms. The molecule has 4 nitrogen and oxygen atoms in total. The molecule has 0 atom stereocenters. The van der Waals surface area contributed by atoms with Gasteiger partial charge in [0.05, 0.1) is 11.2 Å². The van der Waals surface area contributed by atoms with Gasteiger partial charge in [-0.1, -0.05) is 12.1 Å². The Morgan fingerprint density at radius 3 is 2.68 bits per heavy atom. The van der Waals surface area contributed by atoms with E-state index in [2.05, 4.69) is 0 Å². The van der Waals surface area contributed by atoms with Crippen LogP contribution in [-0.4, -0.2) is 48.3 Å². The Kier molecular flexibility index (Phi) is 4.17. The summed E-state index contributed by atoms with van der Waals surface area (Å²) in [5.74, 6) is -0.962. The van der Waals surface area contributed by atoms with Crippen LogP contribution in [-0.2, 0) is 4.74 Å². The SMILES string of the molecule is CN(CC1(O)CCOCC1)C(=O)c1ccccc1F. The van der Waals surface area contributed by atoms with Crippen LogP contribution in [0, 0.1) is 5.82 Å². The number of amides is 1. The zero-order valence-electron chi connectivity index (χ0n) is 10.9. The lowest BCUT2D eigenvalue weighted by atomic mass is 9.93. The van der Waals surface area contributed by atoms with Crippen molar-refractivity contribution >= 4 is 5.91 Å². The Morgan fingerprint density at radius 2 is 2.05 bits per heavy atom. The molecule has 1 aromatic rings. The molecular formula is C14H18FNO3. The van der Waals surface area contributed by atoms with Gasteiger partial charge < -0.3 is 14.7 Å². The average Bonchev–Trinajstić information content (AvgIpc) is 2.39. The molecule has 19 heavy (non-hydrogen) atoms. The zero-order valence-corrected chi connectivity index (χ0v) is 10.9. The first kappa shape index (κ1) is 14.0. The third kappa shape index (κ3) is 3.30. The van der Waals surface area contributed by atoms with Crippen LogP contribution in [0.25, 0.3) is 0 Å². The van der Waals surface area contributed by atoms with E-state index >= 15 is 0 Å². The molecule has 0 aromatic heterocycles. The highest BCUT2D eigenvalue weighted by Gasteiger charge is 2.32. The molecule has 1 heterocycles. The highest BCUT2D eigenvalue weighted by Crippen LogP contribution is 2.22. The van der Waals surface area contributed by atoms with Crippen LogP contribution in [0.4, 0.5) is 4.39 Å². The lowest BCUT2D eigenvalue weighted by Crippen LogP contribution is -2.47. The number of carbonyl (C=O) groups excluding carboxylic acids is 1. The summed E-state index contributed by atoms with van der Waals surface area (Å²) < 4.78 is 18.7. The van der Waals surface area contributed by atoms with Crippen LogP contribution in [0.5, 0.6) is 0 Å². The summed E-state index contributed by atoms with van der Waals surface area (Å²) in [7, 11) is 1.57. The number of aliphatic hydroxyl groups is 1. The van der Waals surface area contributed by atoms with Crippen LogP contribution >= 0.6 is 0 Å². The lowest BCUT2D eigenvalue weighted by molar-refractivity contribution is -0.0734. The van der Waals surface area contributed by atoms with E-state index in [1.54, 1.807) is 13.1 Å². The Labute approximate surface area is 111 Å². The number of likely N-dealkylation sites (N-methyl/N-ethyl adjacent to an activating group) is 1. The highest BCUT2D eigenvalue weighted by atomic mass is 19.1. The summed E-state index contributed by atoms with van der Waals surface area (Å²) in [6, 6.07) is 5.86. The predicted molar refractivity (Wildman–Crippen MR) is 68.4 cm³/mol. The van der Waals surface area contributed by atoms with Gasteiger partial charge in [-0.25, -0.2) is 4.39 Å². The van der Waals surface area contributed by atoms with Gasteiger partial charge in [-0.05, 0) is 12.1 Å². The summed E-state index contributed by atoms with van der Waals surface area (Å²) >= 11 is 0. The number of ether oxygens (including phenoxy) is 1. The van der Waals surface area contributed by atoms with Gasteiger partial charge in [0.15, 0.2) is 0 Å². The molecular weight excluding hydrogens is 249 g/mol. The van der Waals surface area contributed by atoms with Crippen LogP contribution in [0.15, 0.2) is 24.3 Å². The molecule has 5 heteroatoms. The Hall–Kier alpha value is -1.46. The molecule has 1 saturated heterocycles. The molecule has 2 rings (SSSR count). The van der Waals surface area contributed by atoms with Crippen LogP contribution < -0.4 is 0 Å². The van der Waals surface area contributed by atoms with Crippen molar-refractivity contribution in [1.29, 1.82) is 0 Å². The maximum Gasteiger partial charge on any atom is 0.256 e. The second-order valence-electron chi connectivity index (χ2n) is 4.98. The fraction of sp³-hybridized carbons (Fsp3) is 0.500. The third-order valence-corrected chi connectivity index (χ3v) is 3.41. The van der Waals surface area contributed by atoms with Crippen molar-refractivity contribution in [2.24, 2.45) is 0 Å². The van der Waals surface area contributed by atoms with E-state index in [0.29, 0.717) is 26.1 Å². The van der Waals surface area contributed by atoms with Gasteiger partial charge in [0.25, 0.3) is 5.91 Å². The third-order valence-electron chi connectivity index (χ3n) is 3.41. The molecule has 1 aliphatic rings. The van der Waals surface area contributed by atoms with E-state index in [9.17, 15) is 14.3 Å². The molecule has 0 radical (unpaired) electrons. The van der Waals surface area contributed by atoms with E-state index in [4.69, 9.17) is 4.74 Å². The topological polar surface area (TPSA) is 49.8 Å². The number of rotatable bonds is 3. The monoisotopic (exact) mass is 267 g/mol. The van der Waals surface area contributed by atoms with Crippen LogP contribution in [0.2, 0.25) is 0 Å². The summed E-state index contributed by atoms with van der Waals surface area (Å²) in [5.41, 5.74) is -0.908. The van der Waals surface area contributed by atoms with Gasteiger partial charge in [0.2, 0.25) is 0 Å². The fourth-order valence-electron chi connectivity index (χ4n) is 2.26. The van der Waals surface area contributed by atoms with E-state index in [-0.39, 0.29) is 12.1 Å². The van der Waals surface area contributed by atoms with Gasteiger partial charge in [0, 0.05) is 39.6 Å². The smallest absolute Gasteiger partial charge is 0.256 e. The maximum absolute atomic E-state index is 13.5. The van der Waals surface area contributed by atoms with Crippen molar-refractivity contribution in [3.05, 3.63) is 35.6 Å². The number of nitrogens with zero attached hydrogens (tertiary/aromatic N) is 1. The van der Waals surface area contributed by atoms with Crippen LogP contribution in [0.1, 0.15) is 23.2 Å². The van der Waals surface area contributed by atoms with Crippen molar-refractivity contribution < 1.29 is 19.0 Å². The molecule has 1 amide bonds. The summed E-state index contributed by atoms with van der Waals surface area (Å²) in [4.78, 5) is 13.5. The summed E-state index contributed by atoms with van der Waals surface area (Å²) in [6.07, 6.45) is 0.976. The minimum absolute atomic E-state index is 0.0284. The Morgan fingerprint density at radius 1 is 1.42 bits per heavy atom. The number of hydrogen-bond acceptors (Lipinski definition) is 3. The van der Waals surface area contributed by atoms with E-state index in [1.807, 2.05) is 0 Å². The number of benzene rings is 1. The Balaban J connectivity index is 2.05. The first-order chi connectivity index (χ1) is 9.02. The number of carbonyl (C=O) groups is 1. The van der Waals surface area contributed by atoms with E-state index in [1.165, 1.54) is 23.1 Å². The summed E-state index contributed by atoms with van der Waals surface area (Å²) in [6.45, 7) is 1.15. The first-order valence-corrected chi connectivity index (χ1v) is 6.32. The predicted octanol–water partition coefficient (Wildman–Crippen LogP) is 1.44. The van der Waals surface area contributed by atoms with Gasteiger partial charge in [-0.3, -0.25) is 4.79 Å². The molecule has 1 fully saturated rings. The quantitative estimate of drug-likeness (QED) is 0.901. The van der Waals surface area contributed by atoms with Gasteiger partial charge >= 0.3 is 0 Å². The van der Waals surface area contributed by atoms with Gasteiger partial charge in [-0.15, -0.1) is 0 Å². The van der Waals surface area contributed by atoms with Crippen molar-refractivity contribution in [2.45, 2.75) is 18.4 Å². The first-order valence-electron chi connectivity index (χ1n) is 6.32. The number of hydrogen-bond donors (Lipinski definition) is 1. The largest absolute Gasteiger partial charge is 0.388 e. The average molecular weight is 267 g/mol. The molecule has 0 bridgehead atoms. The zero-order chi connectivity index (χ0) is 13.9. The molecule has 104 valence electrons. The second kappa shape index (κ2) is 5.67. The van der Waals surface area contributed by atoms with Crippen LogP contribution in [0.3, 0.4) is 0 Å². The highest BCUT2D eigenvalue weighted by molar-refractivity contribution is 5.94. The van der Waals surface area contributed by atoms with E-state index < -0.39 is 17.3 Å². The molecule has 0 saturated carbocycles.